The summed E-state index contributed by atoms with van der Waals surface area (Å²) in [5, 5.41) is 12.2. The molecule has 124 valence electrons. The van der Waals surface area contributed by atoms with E-state index >= 15 is 0 Å². The Hall–Kier alpha value is -2.37. The van der Waals surface area contributed by atoms with Crippen molar-refractivity contribution in [2.45, 2.75) is 25.5 Å². The molecule has 0 saturated carbocycles. The van der Waals surface area contributed by atoms with Gasteiger partial charge in [0, 0.05) is 23.7 Å². The molecule has 0 spiro atoms. The Balaban J connectivity index is 2.05. The summed E-state index contributed by atoms with van der Waals surface area (Å²) in [5.41, 5.74) is 2.76. The van der Waals surface area contributed by atoms with Crippen LogP contribution in [0.3, 0.4) is 0 Å². The first-order valence-corrected chi connectivity index (χ1v) is 8.05. The van der Waals surface area contributed by atoms with E-state index in [1.807, 2.05) is 30.3 Å². The van der Waals surface area contributed by atoms with Gasteiger partial charge in [-0.1, -0.05) is 41.9 Å². The lowest BCUT2D eigenvalue weighted by Gasteiger charge is -2.12. The van der Waals surface area contributed by atoms with Crippen LogP contribution in [0.15, 0.2) is 47.3 Å². The summed E-state index contributed by atoms with van der Waals surface area (Å²) in [6, 6.07) is 10.6. The first kappa shape index (κ1) is 16.5. The van der Waals surface area contributed by atoms with E-state index in [-0.39, 0.29) is 29.1 Å². The molecule has 0 radical (unpaired) electrons. The lowest BCUT2D eigenvalue weighted by molar-refractivity contribution is -0.119. The van der Waals surface area contributed by atoms with Crippen LogP contribution in [0, 0.1) is 0 Å². The molecule has 1 aromatic heterocycles. The summed E-state index contributed by atoms with van der Waals surface area (Å²) < 4.78 is 0. The molecule has 3 rings (SSSR count). The minimum atomic E-state index is -0.359. The van der Waals surface area contributed by atoms with Crippen LogP contribution in [0.1, 0.15) is 29.7 Å². The molecule has 1 atom stereocenters. The van der Waals surface area contributed by atoms with E-state index < -0.39 is 0 Å². The van der Waals surface area contributed by atoms with Crippen molar-refractivity contribution in [1.29, 1.82) is 0 Å². The predicted octanol–water partition coefficient (Wildman–Crippen LogP) is 2.23. The lowest BCUT2D eigenvalue weighted by atomic mass is 9.98. The van der Waals surface area contributed by atoms with Crippen LogP contribution in [0.5, 0.6) is 0 Å². The molecule has 2 heterocycles. The lowest BCUT2D eigenvalue weighted by Crippen LogP contribution is -2.23. The van der Waals surface area contributed by atoms with Crippen LogP contribution in [0.4, 0.5) is 0 Å². The summed E-state index contributed by atoms with van der Waals surface area (Å²) in [6.45, 7) is -0.0320. The van der Waals surface area contributed by atoms with Crippen molar-refractivity contribution in [3.05, 3.63) is 74.7 Å². The summed E-state index contributed by atoms with van der Waals surface area (Å²) >= 11 is 5.81. The van der Waals surface area contributed by atoms with Gasteiger partial charge in [-0.2, -0.15) is 0 Å². The zero-order chi connectivity index (χ0) is 17.1. The van der Waals surface area contributed by atoms with E-state index in [0.29, 0.717) is 12.1 Å². The number of hydrogen-bond acceptors (Lipinski definition) is 3. The predicted molar refractivity (Wildman–Crippen MR) is 92.7 cm³/mol. The van der Waals surface area contributed by atoms with E-state index in [1.54, 1.807) is 12.1 Å². The Morgan fingerprint density at radius 1 is 1.21 bits per heavy atom. The Morgan fingerprint density at radius 2 is 1.96 bits per heavy atom. The van der Waals surface area contributed by atoms with Crippen LogP contribution in [-0.4, -0.2) is 22.0 Å². The number of amides is 1. The molecule has 0 aliphatic carbocycles. The minimum absolute atomic E-state index is 0.0239. The van der Waals surface area contributed by atoms with Crippen molar-refractivity contribution in [2.24, 2.45) is 0 Å². The maximum Gasteiger partial charge on any atom is 0.267 e. The fraction of sp³-hybridized carbons (Fsp3) is 0.222. The highest BCUT2D eigenvalue weighted by Gasteiger charge is 2.20. The number of pyridine rings is 1. The van der Waals surface area contributed by atoms with Crippen molar-refractivity contribution in [3.8, 4) is 0 Å². The summed E-state index contributed by atoms with van der Waals surface area (Å²) in [6.07, 6.45) is 3.15. The van der Waals surface area contributed by atoms with Gasteiger partial charge in [-0.05, 0) is 29.7 Å². The van der Waals surface area contributed by atoms with Crippen LogP contribution in [0.25, 0.3) is 5.57 Å². The molecule has 0 bridgehead atoms. The molecule has 0 unspecified atom stereocenters. The third-order valence-electron chi connectivity index (χ3n) is 4.00. The summed E-state index contributed by atoms with van der Waals surface area (Å²) in [5.74, 6) is 0.0239. The third kappa shape index (κ3) is 3.58. The molecule has 2 aromatic rings. The van der Waals surface area contributed by atoms with Crippen LogP contribution in [-0.2, 0) is 11.4 Å². The maximum atomic E-state index is 11.8. The Bertz CT molecular complexity index is 840. The molecule has 1 aliphatic heterocycles. The molecular formula is C18H17ClN2O3. The number of carbonyl (C=O) groups excluding carboxylic acids is 1. The zero-order valence-corrected chi connectivity index (χ0v) is 13.6. The fourth-order valence-electron chi connectivity index (χ4n) is 2.71. The number of hydrogen-bond donors (Lipinski definition) is 3. The van der Waals surface area contributed by atoms with Gasteiger partial charge in [0.2, 0.25) is 5.91 Å². The molecule has 3 N–H and O–H groups in total. The average molecular weight is 345 g/mol. The number of rotatable bonds is 4. The van der Waals surface area contributed by atoms with Crippen molar-refractivity contribution < 1.29 is 9.90 Å². The molecule has 1 amide bonds. The number of halogens is 1. The largest absolute Gasteiger partial charge is 0.392 e. The smallest absolute Gasteiger partial charge is 0.267 e. The third-order valence-corrected chi connectivity index (χ3v) is 4.29. The van der Waals surface area contributed by atoms with Gasteiger partial charge in [-0.15, -0.1) is 0 Å². The topological polar surface area (TPSA) is 82.2 Å². The van der Waals surface area contributed by atoms with Gasteiger partial charge in [-0.25, -0.2) is 0 Å². The number of nitrogens with one attached hydrogen (secondary N) is 2. The van der Waals surface area contributed by atoms with E-state index in [4.69, 9.17) is 11.6 Å². The molecule has 5 nitrogen and oxygen atoms in total. The van der Waals surface area contributed by atoms with E-state index in [2.05, 4.69) is 10.3 Å². The normalized spacial score (nSPS) is 17.8. The Morgan fingerprint density at radius 3 is 2.54 bits per heavy atom. The molecular weight excluding hydrogens is 328 g/mol. The molecule has 1 aliphatic rings. The van der Waals surface area contributed by atoms with Gasteiger partial charge in [-0.3, -0.25) is 9.59 Å². The number of aliphatic hydroxyl groups is 1. The highest BCUT2D eigenvalue weighted by Crippen LogP contribution is 2.25. The van der Waals surface area contributed by atoms with Crippen molar-refractivity contribution in [3.63, 3.8) is 0 Å². The first-order chi connectivity index (χ1) is 11.6. The van der Waals surface area contributed by atoms with Crippen molar-refractivity contribution >= 4 is 23.1 Å². The Kier molecular flexibility index (Phi) is 4.83. The zero-order valence-electron chi connectivity index (χ0n) is 12.9. The van der Waals surface area contributed by atoms with Gasteiger partial charge in [0.1, 0.15) is 5.02 Å². The van der Waals surface area contributed by atoms with Crippen LogP contribution >= 0.6 is 11.6 Å². The highest BCUT2D eigenvalue weighted by molar-refractivity contribution is 6.30. The maximum absolute atomic E-state index is 11.8. The molecule has 1 aromatic carbocycles. The second-order valence-corrected chi connectivity index (χ2v) is 6.10. The van der Waals surface area contributed by atoms with Crippen LogP contribution < -0.4 is 10.9 Å². The molecule has 24 heavy (non-hydrogen) atoms. The second kappa shape index (κ2) is 7.03. The molecule has 1 saturated heterocycles. The van der Waals surface area contributed by atoms with Gasteiger partial charge < -0.3 is 15.4 Å². The minimum Gasteiger partial charge on any atom is -0.392 e. The fourth-order valence-corrected chi connectivity index (χ4v) is 2.82. The van der Waals surface area contributed by atoms with Crippen molar-refractivity contribution in [2.75, 3.05) is 0 Å². The quantitative estimate of drug-likeness (QED) is 0.795. The van der Waals surface area contributed by atoms with Gasteiger partial charge in [0.25, 0.3) is 5.56 Å². The monoisotopic (exact) mass is 344 g/mol. The Labute approximate surface area is 144 Å². The molecule has 6 heteroatoms. The van der Waals surface area contributed by atoms with Gasteiger partial charge in [0.05, 0.1) is 6.61 Å². The van der Waals surface area contributed by atoms with Gasteiger partial charge >= 0.3 is 0 Å². The number of H-pyrrole nitrogens is 1. The van der Waals surface area contributed by atoms with E-state index in [9.17, 15) is 14.7 Å². The number of aliphatic hydroxyl groups excluding tert-OH is 1. The standard InChI is InChI=1S/C18H17ClN2O3/c19-15-6-7-16(21-18(15)24)14(9-13-5-8-17(23)20-13)12-3-1-11(10-22)2-4-12/h1-4,6-7,9,13,22H,5,8,10H2,(H,20,23)(H,21,24)/b14-9+/t13-/m1/s1. The van der Waals surface area contributed by atoms with Crippen LogP contribution in [0.2, 0.25) is 5.02 Å². The van der Waals surface area contributed by atoms with Gasteiger partial charge in [0.15, 0.2) is 0 Å². The highest BCUT2D eigenvalue weighted by atomic mass is 35.5. The first-order valence-electron chi connectivity index (χ1n) is 7.67. The summed E-state index contributed by atoms with van der Waals surface area (Å²) in [4.78, 5) is 26.1. The second-order valence-electron chi connectivity index (χ2n) is 5.70. The number of aromatic amines is 1. The summed E-state index contributed by atoms with van der Waals surface area (Å²) in [7, 11) is 0. The SMILES string of the molecule is O=C1CC[C@H](/C=C(\c2ccc(CO)cc2)c2ccc(Cl)c(=O)[nH]2)N1. The number of carbonyl (C=O) groups is 1. The number of benzene rings is 1. The van der Waals surface area contributed by atoms with E-state index in [1.165, 1.54) is 0 Å². The molecule has 1 fully saturated rings. The van der Waals surface area contributed by atoms with E-state index in [0.717, 1.165) is 23.1 Å². The number of aromatic nitrogens is 1. The van der Waals surface area contributed by atoms with Crippen molar-refractivity contribution in [1.82, 2.24) is 10.3 Å². The average Bonchev–Trinajstić information content (AvgIpc) is 3.00.